The largest absolute Gasteiger partial charge is 0.371 e. The van der Waals surface area contributed by atoms with Crippen LogP contribution in [0.1, 0.15) is 35.3 Å². The third kappa shape index (κ3) is 3.98. The summed E-state index contributed by atoms with van der Waals surface area (Å²) < 4.78 is 0.979. The second-order valence-corrected chi connectivity index (χ2v) is 7.97. The summed E-state index contributed by atoms with van der Waals surface area (Å²) in [7, 11) is 0. The normalized spacial score (nSPS) is 14.4. The number of carbonyl (C=O) groups is 1. The lowest BCUT2D eigenvalue weighted by Crippen LogP contribution is -2.30. The quantitative estimate of drug-likeness (QED) is 0.600. The molecule has 4 rings (SSSR count). The van der Waals surface area contributed by atoms with Crippen molar-refractivity contribution in [1.29, 1.82) is 0 Å². The second kappa shape index (κ2) is 7.69. The van der Waals surface area contributed by atoms with Crippen LogP contribution in [0.5, 0.6) is 0 Å². The highest BCUT2D eigenvalue weighted by atomic mass is 79.9. The van der Waals surface area contributed by atoms with E-state index in [4.69, 9.17) is 0 Å². The Bertz CT molecular complexity index is 979. The summed E-state index contributed by atoms with van der Waals surface area (Å²) in [6, 6.07) is 15.7. The number of nitrogens with zero attached hydrogens (tertiary/aromatic N) is 2. The number of aryl methyl sites for hydroxylation is 1. The smallest absolute Gasteiger partial charge is 0.274 e. The van der Waals surface area contributed by atoms with Crippen LogP contribution in [-0.2, 0) is 0 Å². The fourth-order valence-electron chi connectivity index (χ4n) is 3.56. The van der Waals surface area contributed by atoms with Crippen molar-refractivity contribution in [1.82, 2.24) is 4.98 Å². The van der Waals surface area contributed by atoms with E-state index in [2.05, 4.69) is 44.1 Å². The molecule has 0 aliphatic carbocycles. The topological polar surface area (TPSA) is 45.2 Å². The molecule has 0 radical (unpaired) electrons. The first-order chi connectivity index (χ1) is 13.1. The number of halogens is 1. The molecule has 0 bridgehead atoms. The van der Waals surface area contributed by atoms with Gasteiger partial charge in [0, 0.05) is 34.3 Å². The zero-order chi connectivity index (χ0) is 18.8. The van der Waals surface area contributed by atoms with Crippen molar-refractivity contribution >= 4 is 44.1 Å². The number of rotatable bonds is 3. The lowest BCUT2D eigenvalue weighted by Gasteiger charge is -2.30. The van der Waals surface area contributed by atoms with Crippen LogP contribution in [0.15, 0.2) is 53.0 Å². The van der Waals surface area contributed by atoms with Crippen LogP contribution in [0.4, 0.5) is 11.4 Å². The SMILES string of the molecule is Cc1ccc2nc(C(=O)Nc3ccc(Br)cc3)cc(N3CCCCC3)c2c1. The van der Waals surface area contributed by atoms with Gasteiger partial charge in [0.2, 0.25) is 0 Å². The molecule has 1 amide bonds. The summed E-state index contributed by atoms with van der Waals surface area (Å²) in [5.41, 5.74) is 4.40. The molecular weight excluding hydrogens is 402 g/mol. The van der Waals surface area contributed by atoms with E-state index < -0.39 is 0 Å². The van der Waals surface area contributed by atoms with Gasteiger partial charge in [-0.15, -0.1) is 0 Å². The number of amides is 1. The van der Waals surface area contributed by atoms with Crippen molar-refractivity contribution < 1.29 is 4.79 Å². The second-order valence-electron chi connectivity index (χ2n) is 7.06. The standard InChI is InChI=1S/C22H22BrN3O/c1-15-5-10-19-18(13-15)21(26-11-3-2-4-12-26)14-20(25-19)22(27)24-17-8-6-16(23)7-9-17/h5-10,13-14H,2-4,11-12H2,1H3,(H,24,27). The van der Waals surface area contributed by atoms with Gasteiger partial charge in [0.05, 0.1) is 5.52 Å². The summed E-state index contributed by atoms with van der Waals surface area (Å²) in [5, 5.41) is 4.07. The molecule has 138 valence electrons. The molecule has 0 unspecified atom stereocenters. The van der Waals surface area contributed by atoms with E-state index in [1.165, 1.54) is 24.8 Å². The average Bonchev–Trinajstić information content (AvgIpc) is 2.69. The molecule has 2 heterocycles. The van der Waals surface area contributed by atoms with Gasteiger partial charge in [-0.25, -0.2) is 4.98 Å². The first-order valence-corrected chi connectivity index (χ1v) is 10.1. The average molecular weight is 424 g/mol. The van der Waals surface area contributed by atoms with Crippen LogP contribution in [0, 0.1) is 6.92 Å². The highest BCUT2D eigenvalue weighted by molar-refractivity contribution is 9.10. The maximum Gasteiger partial charge on any atom is 0.274 e. The zero-order valence-corrected chi connectivity index (χ0v) is 16.9. The molecule has 27 heavy (non-hydrogen) atoms. The van der Waals surface area contributed by atoms with E-state index in [0.29, 0.717) is 5.69 Å². The highest BCUT2D eigenvalue weighted by Crippen LogP contribution is 2.30. The number of hydrogen-bond acceptors (Lipinski definition) is 3. The van der Waals surface area contributed by atoms with Gasteiger partial charge >= 0.3 is 0 Å². The molecule has 0 atom stereocenters. The Morgan fingerprint density at radius 2 is 1.78 bits per heavy atom. The number of piperidine rings is 1. The maximum absolute atomic E-state index is 12.8. The van der Waals surface area contributed by atoms with E-state index >= 15 is 0 Å². The first-order valence-electron chi connectivity index (χ1n) is 9.33. The predicted molar refractivity (Wildman–Crippen MR) is 115 cm³/mol. The molecule has 1 saturated heterocycles. The Morgan fingerprint density at radius 3 is 2.52 bits per heavy atom. The molecule has 4 nitrogen and oxygen atoms in total. The number of carbonyl (C=O) groups excluding carboxylic acids is 1. The van der Waals surface area contributed by atoms with Gasteiger partial charge in [0.25, 0.3) is 5.91 Å². The lowest BCUT2D eigenvalue weighted by atomic mass is 10.1. The Labute approximate surface area is 167 Å². The van der Waals surface area contributed by atoms with E-state index in [1.54, 1.807) is 0 Å². The molecule has 1 aliphatic heterocycles. The number of hydrogen-bond donors (Lipinski definition) is 1. The Kier molecular flexibility index (Phi) is 5.12. The Morgan fingerprint density at radius 1 is 1.04 bits per heavy atom. The van der Waals surface area contributed by atoms with Gasteiger partial charge in [-0.2, -0.15) is 0 Å². The molecule has 0 spiro atoms. The third-order valence-electron chi connectivity index (χ3n) is 4.97. The summed E-state index contributed by atoms with van der Waals surface area (Å²) in [6.07, 6.45) is 3.65. The molecule has 1 aromatic heterocycles. The summed E-state index contributed by atoms with van der Waals surface area (Å²) >= 11 is 3.41. The van der Waals surface area contributed by atoms with Crippen molar-refractivity contribution in [3.8, 4) is 0 Å². The molecule has 2 aromatic carbocycles. The summed E-state index contributed by atoms with van der Waals surface area (Å²) in [4.78, 5) is 19.9. The predicted octanol–water partition coefficient (Wildman–Crippen LogP) is 5.55. The lowest BCUT2D eigenvalue weighted by molar-refractivity contribution is 0.102. The Hall–Kier alpha value is -2.40. The van der Waals surface area contributed by atoms with Crippen LogP contribution in [0.2, 0.25) is 0 Å². The van der Waals surface area contributed by atoms with Gasteiger partial charge in [-0.05, 0) is 68.7 Å². The number of nitrogens with one attached hydrogen (secondary N) is 1. The minimum atomic E-state index is -0.182. The van der Waals surface area contributed by atoms with Crippen molar-refractivity contribution in [2.75, 3.05) is 23.3 Å². The minimum Gasteiger partial charge on any atom is -0.371 e. The van der Waals surface area contributed by atoms with Crippen LogP contribution in [-0.4, -0.2) is 24.0 Å². The van der Waals surface area contributed by atoms with Gasteiger partial charge < -0.3 is 10.2 Å². The number of pyridine rings is 1. The number of benzene rings is 2. The van der Waals surface area contributed by atoms with Crippen LogP contribution >= 0.6 is 15.9 Å². The van der Waals surface area contributed by atoms with E-state index in [1.807, 2.05) is 42.5 Å². The molecular formula is C22H22BrN3O. The van der Waals surface area contributed by atoms with Crippen molar-refractivity contribution in [3.05, 3.63) is 64.3 Å². The molecule has 1 aliphatic rings. The zero-order valence-electron chi connectivity index (χ0n) is 15.3. The first kappa shape index (κ1) is 18.0. The fourth-order valence-corrected chi connectivity index (χ4v) is 3.83. The van der Waals surface area contributed by atoms with E-state index in [-0.39, 0.29) is 5.91 Å². The molecule has 5 heteroatoms. The summed E-state index contributed by atoms with van der Waals surface area (Å²) in [6.45, 7) is 4.15. The monoisotopic (exact) mass is 423 g/mol. The van der Waals surface area contributed by atoms with Gasteiger partial charge in [0.15, 0.2) is 0 Å². The van der Waals surface area contributed by atoms with E-state index in [0.717, 1.165) is 39.8 Å². The fraction of sp³-hybridized carbons (Fsp3) is 0.273. The third-order valence-corrected chi connectivity index (χ3v) is 5.50. The minimum absolute atomic E-state index is 0.182. The van der Waals surface area contributed by atoms with Crippen molar-refractivity contribution in [2.24, 2.45) is 0 Å². The Balaban J connectivity index is 1.73. The molecule has 0 saturated carbocycles. The maximum atomic E-state index is 12.8. The highest BCUT2D eigenvalue weighted by Gasteiger charge is 2.18. The number of fused-ring (bicyclic) bond motifs is 1. The summed E-state index contributed by atoms with van der Waals surface area (Å²) in [5.74, 6) is -0.182. The van der Waals surface area contributed by atoms with Gasteiger partial charge in [0.1, 0.15) is 5.69 Å². The van der Waals surface area contributed by atoms with Crippen LogP contribution in [0.25, 0.3) is 10.9 Å². The van der Waals surface area contributed by atoms with Crippen molar-refractivity contribution in [3.63, 3.8) is 0 Å². The molecule has 3 aromatic rings. The molecule has 1 fully saturated rings. The van der Waals surface area contributed by atoms with Crippen LogP contribution in [0.3, 0.4) is 0 Å². The van der Waals surface area contributed by atoms with E-state index in [9.17, 15) is 4.79 Å². The van der Waals surface area contributed by atoms with Crippen LogP contribution < -0.4 is 10.2 Å². The number of anilines is 2. The van der Waals surface area contributed by atoms with Crippen molar-refractivity contribution in [2.45, 2.75) is 26.2 Å². The molecule has 1 N–H and O–H groups in total. The van der Waals surface area contributed by atoms with Gasteiger partial charge in [-0.1, -0.05) is 27.6 Å². The number of aromatic nitrogens is 1. The van der Waals surface area contributed by atoms with Gasteiger partial charge in [-0.3, -0.25) is 4.79 Å².